The molecular weight excluding hydrogens is 466 g/mol. The van der Waals surface area contributed by atoms with Crippen molar-refractivity contribution in [2.24, 2.45) is 0 Å². The first-order chi connectivity index (χ1) is 18.0. The average molecular weight is 506 g/mol. The summed E-state index contributed by atoms with van der Waals surface area (Å²) < 4.78 is 0. The summed E-state index contributed by atoms with van der Waals surface area (Å²) in [4.78, 5) is 47.9. The van der Waals surface area contributed by atoms with Crippen LogP contribution in [-0.2, 0) is 22.7 Å². The summed E-state index contributed by atoms with van der Waals surface area (Å²) in [5.74, 6) is 0.0189. The molecule has 4 rings (SSSR count). The van der Waals surface area contributed by atoms with E-state index in [4.69, 9.17) is 0 Å². The van der Waals surface area contributed by atoms with E-state index in [9.17, 15) is 14.4 Å². The molecule has 0 unspecified atom stereocenters. The van der Waals surface area contributed by atoms with Crippen LogP contribution in [0.4, 0.5) is 5.69 Å². The minimum absolute atomic E-state index is 0.0181. The number of nitrogens with one attached hydrogen (secondary N) is 1. The highest BCUT2D eigenvalue weighted by Gasteiger charge is 2.22. The largest absolute Gasteiger partial charge is 0.350 e. The van der Waals surface area contributed by atoms with E-state index < -0.39 is 0 Å². The van der Waals surface area contributed by atoms with Gasteiger partial charge in [-0.1, -0.05) is 25.3 Å². The fraction of sp³-hybridized carbons (Fsp3) is 0.517. The Bertz CT molecular complexity index is 1070. The monoisotopic (exact) mass is 505 g/mol. The van der Waals surface area contributed by atoms with Crippen LogP contribution >= 0.6 is 0 Å². The maximum atomic E-state index is 13.0. The lowest BCUT2D eigenvalue weighted by atomic mass is 10.0. The van der Waals surface area contributed by atoms with Gasteiger partial charge in [0.05, 0.1) is 0 Å². The van der Waals surface area contributed by atoms with E-state index in [1.807, 2.05) is 35.4 Å². The van der Waals surface area contributed by atoms with Crippen molar-refractivity contribution in [3.05, 3.63) is 59.4 Å². The predicted molar refractivity (Wildman–Crippen MR) is 144 cm³/mol. The van der Waals surface area contributed by atoms with Crippen LogP contribution in [0.25, 0.3) is 0 Å². The highest BCUT2D eigenvalue weighted by molar-refractivity contribution is 5.97. The lowest BCUT2D eigenvalue weighted by Crippen LogP contribution is -2.36. The Balaban J connectivity index is 1.56. The average Bonchev–Trinajstić information content (AvgIpc) is 3.29. The molecule has 1 fully saturated rings. The van der Waals surface area contributed by atoms with Crippen molar-refractivity contribution in [3.8, 4) is 0 Å². The van der Waals surface area contributed by atoms with Gasteiger partial charge in [0.1, 0.15) is 0 Å². The van der Waals surface area contributed by atoms with Crippen molar-refractivity contribution in [1.29, 1.82) is 0 Å². The zero-order valence-electron chi connectivity index (χ0n) is 22.0. The fourth-order valence-electron chi connectivity index (χ4n) is 5.25. The lowest BCUT2D eigenvalue weighted by Gasteiger charge is -2.29. The number of aromatic nitrogens is 1. The number of anilines is 1. The van der Waals surface area contributed by atoms with Crippen LogP contribution in [0.2, 0.25) is 0 Å². The van der Waals surface area contributed by atoms with Gasteiger partial charge in [-0.05, 0) is 61.2 Å². The molecule has 1 aromatic carbocycles. The zero-order valence-corrected chi connectivity index (χ0v) is 22.0. The number of benzene rings is 1. The molecule has 37 heavy (non-hydrogen) atoms. The molecule has 2 aliphatic rings. The highest BCUT2D eigenvalue weighted by atomic mass is 16.2. The van der Waals surface area contributed by atoms with E-state index >= 15 is 0 Å². The Morgan fingerprint density at radius 2 is 1.81 bits per heavy atom. The van der Waals surface area contributed by atoms with Crippen molar-refractivity contribution in [2.45, 2.75) is 65.0 Å². The van der Waals surface area contributed by atoms with Gasteiger partial charge >= 0.3 is 0 Å². The van der Waals surface area contributed by atoms with E-state index in [1.54, 1.807) is 18.0 Å². The first-order valence-electron chi connectivity index (χ1n) is 13.6. The van der Waals surface area contributed by atoms with E-state index in [2.05, 4.69) is 21.3 Å². The number of carbonyl (C=O) groups is 3. The number of amides is 3. The van der Waals surface area contributed by atoms with Crippen LogP contribution in [0, 0.1) is 0 Å². The summed E-state index contributed by atoms with van der Waals surface area (Å²) in [7, 11) is 0. The molecule has 2 aliphatic heterocycles. The zero-order chi connectivity index (χ0) is 26.0. The lowest BCUT2D eigenvalue weighted by molar-refractivity contribution is -0.127. The molecular formula is C29H39N5O3. The molecule has 8 heteroatoms. The molecule has 198 valence electrons. The number of hydrogen-bond donors (Lipinski definition) is 1. The predicted octanol–water partition coefficient (Wildman–Crippen LogP) is 3.75. The van der Waals surface area contributed by atoms with Gasteiger partial charge in [0.15, 0.2) is 0 Å². The van der Waals surface area contributed by atoms with Crippen molar-refractivity contribution >= 4 is 23.4 Å². The number of carbonyl (C=O) groups excluding carboxylic acids is 3. The number of hydrogen-bond acceptors (Lipinski definition) is 5. The van der Waals surface area contributed by atoms with Crippen LogP contribution in [0.5, 0.6) is 0 Å². The normalized spacial score (nSPS) is 17.6. The van der Waals surface area contributed by atoms with Gasteiger partial charge < -0.3 is 15.1 Å². The molecule has 0 bridgehead atoms. The number of rotatable bonds is 6. The quantitative estimate of drug-likeness (QED) is 0.646. The third kappa shape index (κ3) is 7.61. The number of nitrogens with zero attached hydrogens (tertiary/aromatic N) is 4. The molecule has 1 N–H and O–H groups in total. The summed E-state index contributed by atoms with van der Waals surface area (Å²) in [6.07, 6.45) is 10.7. The third-order valence-corrected chi connectivity index (χ3v) is 7.23. The second-order valence-corrected chi connectivity index (χ2v) is 10.1. The molecule has 0 saturated carbocycles. The second kappa shape index (κ2) is 13.3. The van der Waals surface area contributed by atoms with Gasteiger partial charge in [-0.15, -0.1) is 0 Å². The Morgan fingerprint density at radius 3 is 2.54 bits per heavy atom. The maximum Gasteiger partial charge on any atom is 0.251 e. The summed E-state index contributed by atoms with van der Waals surface area (Å²) in [5.41, 5.74) is 3.57. The minimum Gasteiger partial charge on any atom is -0.350 e. The molecule has 0 atom stereocenters. The van der Waals surface area contributed by atoms with Gasteiger partial charge in [0.2, 0.25) is 11.8 Å². The minimum atomic E-state index is -0.159. The first-order valence-corrected chi connectivity index (χ1v) is 13.6. The Kier molecular flexibility index (Phi) is 9.65. The van der Waals surface area contributed by atoms with Gasteiger partial charge in [0, 0.05) is 76.3 Å². The van der Waals surface area contributed by atoms with Crippen molar-refractivity contribution < 1.29 is 14.4 Å². The van der Waals surface area contributed by atoms with Crippen LogP contribution < -0.4 is 10.2 Å². The van der Waals surface area contributed by atoms with Crippen molar-refractivity contribution in [2.75, 3.05) is 37.6 Å². The van der Waals surface area contributed by atoms with Crippen molar-refractivity contribution in [3.63, 3.8) is 0 Å². The van der Waals surface area contributed by atoms with Gasteiger partial charge in [0.25, 0.3) is 5.91 Å². The summed E-state index contributed by atoms with van der Waals surface area (Å²) in [5, 5.41) is 2.97. The second-order valence-electron chi connectivity index (χ2n) is 10.1. The van der Waals surface area contributed by atoms with E-state index in [0.29, 0.717) is 38.2 Å². The molecule has 1 aromatic heterocycles. The first kappa shape index (κ1) is 26.8. The summed E-state index contributed by atoms with van der Waals surface area (Å²) in [6.45, 7) is 6.35. The standard InChI is InChI=1S/C29H39N5O3/c1-23(35)34-17-6-4-2-3-5-15-32(21-24-9-7-13-30-20-24)22-26-19-25(11-12-27(26)34)29(37)31-14-18-33-16-8-10-28(33)36/h7,9,11-13,19-20H,2-6,8,10,14-18,21-22H2,1H3,(H,31,37). The Morgan fingerprint density at radius 1 is 1.00 bits per heavy atom. The summed E-state index contributed by atoms with van der Waals surface area (Å²) >= 11 is 0. The van der Waals surface area contributed by atoms with Gasteiger partial charge in [-0.3, -0.25) is 24.3 Å². The van der Waals surface area contributed by atoms with Crippen LogP contribution in [0.1, 0.15) is 73.4 Å². The van der Waals surface area contributed by atoms with Gasteiger partial charge in [-0.2, -0.15) is 0 Å². The SMILES string of the molecule is CC(=O)N1CCCCCCCN(Cc2cccnc2)Cc2cc(C(=O)NCCN3CCCC3=O)ccc21. The molecule has 0 radical (unpaired) electrons. The molecule has 3 amide bonds. The highest BCUT2D eigenvalue weighted by Crippen LogP contribution is 2.26. The topological polar surface area (TPSA) is 85.8 Å². The van der Waals surface area contributed by atoms with E-state index in [0.717, 1.165) is 62.1 Å². The maximum absolute atomic E-state index is 13.0. The number of likely N-dealkylation sites (tertiary alicyclic amines) is 1. The van der Waals surface area contributed by atoms with Crippen molar-refractivity contribution in [1.82, 2.24) is 20.1 Å². The van der Waals surface area contributed by atoms with E-state index in [-0.39, 0.29) is 17.7 Å². The molecule has 1 saturated heterocycles. The van der Waals surface area contributed by atoms with Gasteiger partial charge in [-0.25, -0.2) is 0 Å². The smallest absolute Gasteiger partial charge is 0.251 e. The number of pyridine rings is 1. The summed E-state index contributed by atoms with van der Waals surface area (Å²) in [6, 6.07) is 9.70. The number of fused-ring (bicyclic) bond motifs is 1. The Hall–Kier alpha value is -3.26. The third-order valence-electron chi connectivity index (χ3n) is 7.23. The van der Waals surface area contributed by atoms with Crippen LogP contribution in [0.3, 0.4) is 0 Å². The molecule has 3 heterocycles. The van der Waals surface area contributed by atoms with E-state index in [1.165, 1.54) is 12.8 Å². The molecule has 2 aromatic rings. The molecule has 0 spiro atoms. The van der Waals surface area contributed by atoms with Crippen LogP contribution in [-0.4, -0.2) is 65.2 Å². The van der Waals surface area contributed by atoms with Crippen LogP contribution in [0.15, 0.2) is 42.7 Å². The molecule has 8 nitrogen and oxygen atoms in total. The fourth-order valence-corrected chi connectivity index (χ4v) is 5.25. The molecule has 0 aliphatic carbocycles. The Labute approximate surface area is 220 Å².